The van der Waals surface area contributed by atoms with Crippen molar-refractivity contribution in [2.24, 2.45) is 0 Å². The maximum Gasteiger partial charge on any atom is 0.310 e. The molecule has 2 aromatic rings. The van der Waals surface area contributed by atoms with Gasteiger partial charge in [0.15, 0.2) is 10.9 Å². The zero-order valence-electron chi connectivity index (χ0n) is 9.16. The molecule has 0 fully saturated rings. The van der Waals surface area contributed by atoms with E-state index >= 15 is 0 Å². The van der Waals surface area contributed by atoms with Crippen LogP contribution in [0.5, 0.6) is 5.75 Å². The van der Waals surface area contributed by atoms with Crippen LogP contribution in [0.2, 0.25) is 0 Å². The van der Waals surface area contributed by atoms with E-state index in [4.69, 9.17) is 0 Å². The maximum atomic E-state index is 11.8. The Balaban J connectivity index is 2.20. The van der Waals surface area contributed by atoms with Gasteiger partial charge in [0.05, 0.1) is 14.9 Å². The van der Waals surface area contributed by atoms with Crippen LogP contribution in [0.4, 0.5) is 10.8 Å². The molecule has 1 aromatic heterocycles. The Labute approximate surface area is 119 Å². The number of hydrogen-bond acceptors (Lipinski definition) is 6. The molecule has 1 aromatic carbocycles. The summed E-state index contributed by atoms with van der Waals surface area (Å²) in [6.07, 6.45) is 1.54. The van der Waals surface area contributed by atoms with Crippen LogP contribution in [0.1, 0.15) is 10.4 Å². The number of hydrogen-bond donors (Lipinski definition) is 2. The number of anilines is 1. The fourth-order valence-corrected chi connectivity index (χ4v) is 2.40. The lowest BCUT2D eigenvalue weighted by Crippen LogP contribution is -2.11. The standard InChI is InChI=1S/C10H6BrN3O4S/c11-8-4-12-10(19-8)13-9(16)5-1-2-6(14(17)18)7(15)3-5/h1-4,15H,(H,12,13,16). The molecule has 0 saturated heterocycles. The number of carbonyl (C=O) groups is 1. The van der Waals surface area contributed by atoms with Gasteiger partial charge in [-0.1, -0.05) is 11.3 Å². The Kier molecular flexibility index (Phi) is 3.76. The van der Waals surface area contributed by atoms with E-state index in [9.17, 15) is 20.0 Å². The number of carbonyl (C=O) groups excluding carboxylic acids is 1. The lowest BCUT2D eigenvalue weighted by molar-refractivity contribution is -0.385. The molecule has 0 atom stereocenters. The Morgan fingerprint density at radius 1 is 1.53 bits per heavy atom. The minimum atomic E-state index is -0.727. The molecular formula is C10H6BrN3O4S. The summed E-state index contributed by atoms with van der Waals surface area (Å²) in [5.74, 6) is -1.06. The monoisotopic (exact) mass is 343 g/mol. The Hall–Kier alpha value is -2.00. The van der Waals surface area contributed by atoms with Crippen LogP contribution in [-0.4, -0.2) is 20.9 Å². The normalized spacial score (nSPS) is 10.2. The zero-order valence-corrected chi connectivity index (χ0v) is 11.6. The van der Waals surface area contributed by atoms with Crippen molar-refractivity contribution < 1.29 is 14.8 Å². The molecule has 0 saturated carbocycles. The summed E-state index contributed by atoms with van der Waals surface area (Å²) in [6, 6.07) is 3.37. The van der Waals surface area contributed by atoms with E-state index in [0.717, 1.165) is 15.9 Å². The second kappa shape index (κ2) is 5.33. The fourth-order valence-electron chi connectivity index (χ4n) is 1.30. The first-order valence-corrected chi connectivity index (χ1v) is 6.48. The molecule has 0 bridgehead atoms. The first-order valence-electron chi connectivity index (χ1n) is 4.87. The van der Waals surface area contributed by atoms with Gasteiger partial charge in [-0.3, -0.25) is 20.2 Å². The molecule has 0 unspecified atom stereocenters. The average Bonchev–Trinajstić information content (AvgIpc) is 2.74. The highest BCUT2D eigenvalue weighted by molar-refractivity contribution is 9.11. The van der Waals surface area contributed by atoms with Crippen molar-refractivity contribution in [1.82, 2.24) is 4.98 Å². The van der Waals surface area contributed by atoms with Crippen molar-refractivity contribution in [2.45, 2.75) is 0 Å². The first-order chi connectivity index (χ1) is 8.97. The van der Waals surface area contributed by atoms with E-state index in [0.29, 0.717) is 5.13 Å². The first kappa shape index (κ1) is 13.4. The summed E-state index contributed by atoms with van der Waals surface area (Å²) in [4.78, 5) is 25.5. The SMILES string of the molecule is O=C(Nc1ncc(Br)s1)c1ccc([N+](=O)[O-])c(O)c1. The molecule has 0 aliphatic carbocycles. The van der Waals surface area contributed by atoms with E-state index in [2.05, 4.69) is 26.2 Å². The highest BCUT2D eigenvalue weighted by atomic mass is 79.9. The van der Waals surface area contributed by atoms with Gasteiger partial charge in [-0.15, -0.1) is 0 Å². The summed E-state index contributed by atoms with van der Waals surface area (Å²) >= 11 is 4.43. The number of phenolic OH excluding ortho intramolecular Hbond substituents is 1. The van der Waals surface area contributed by atoms with Gasteiger partial charge in [0.25, 0.3) is 5.91 Å². The van der Waals surface area contributed by atoms with E-state index in [1.165, 1.54) is 23.6 Å². The zero-order chi connectivity index (χ0) is 14.0. The van der Waals surface area contributed by atoms with Crippen LogP contribution in [-0.2, 0) is 0 Å². The van der Waals surface area contributed by atoms with E-state index in [-0.39, 0.29) is 5.56 Å². The van der Waals surface area contributed by atoms with Crippen molar-refractivity contribution in [2.75, 3.05) is 5.32 Å². The molecule has 2 rings (SSSR count). The van der Waals surface area contributed by atoms with E-state index in [1.807, 2.05) is 0 Å². The molecule has 0 aliphatic rings. The second-order valence-electron chi connectivity index (χ2n) is 3.38. The predicted octanol–water partition coefficient (Wildman–Crippen LogP) is 2.77. The number of nitrogens with one attached hydrogen (secondary N) is 1. The number of phenols is 1. The van der Waals surface area contributed by atoms with Gasteiger partial charge in [0.1, 0.15) is 0 Å². The molecule has 0 spiro atoms. The summed E-state index contributed by atoms with van der Waals surface area (Å²) in [7, 11) is 0. The number of aromatic hydroxyl groups is 1. The quantitative estimate of drug-likeness (QED) is 0.658. The van der Waals surface area contributed by atoms with Crippen molar-refractivity contribution in [3.8, 4) is 5.75 Å². The van der Waals surface area contributed by atoms with Crippen molar-refractivity contribution in [3.05, 3.63) is 43.9 Å². The molecule has 2 N–H and O–H groups in total. The van der Waals surface area contributed by atoms with Crippen molar-refractivity contribution in [3.63, 3.8) is 0 Å². The van der Waals surface area contributed by atoms with Gasteiger partial charge in [0.2, 0.25) is 0 Å². The van der Waals surface area contributed by atoms with Crippen molar-refractivity contribution in [1.29, 1.82) is 0 Å². The van der Waals surface area contributed by atoms with Gasteiger partial charge >= 0.3 is 5.69 Å². The molecule has 0 aliphatic heterocycles. The molecule has 7 nitrogen and oxygen atoms in total. The molecule has 98 valence electrons. The van der Waals surface area contributed by atoms with Crippen LogP contribution >= 0.6 is 27.3 Å². The summed E-state index contributed by atoms with van der Waals surface area (Å²) in [6.45, 7) is 0. The van der Waals surface area contributed by atoms with Crippen LogP contribution in [0, 0.1) is 10.1 Å². The Morgan fingerprint density at radius 3 is 2.79 bits per heavy atom. The number of nitrogens with zero attached hydrogens (tertiary/aromatic N) is 2. The minimum absolute atomic E-state index is 0.106. The molecule has 1 heterocycles. The largest absolute Gasteiger partial charge is 0.502 e. The Bertz CT molecular complexity index is 658. The number of nitro benzene ring substituents is 1. The van der Waals surface area contributed by atoms with Crippen LogP contribution in [0.15, 0.2) is 28.2 Å². The van der Waals surface area contributed by atoms with E-state index < -0.39 is 22.3 Å². The van der Waals surface area contributed by atoms with Gasteiger partial charge in [-0.25, -0.2) is 4.98 Å². The summed E-state index contributed by atoms with van der Waals surface area (Å²) in [5.41, 5.74) is -0.344. The highest BCUT2D eigenvalue weighted by Crippen LogP contribution is 2.27. The number of rotatable bonds is 3. The lowest BCUT2D eigenvalue weighted by Gasteiger charge is -2.02. The topological polar surface area (TPSA) is 105 Å². The summed E-state index contributed by atoms with van der Waals surface area (Å²) < 4.78 is 0.759. The molecule has 0 radical (unpaired) electrons. The fraction of sp³-hybridized carbons (Fsp3) is 0. The maximum absolute atomic E-state index is 11.8. The smallest absolute Gasteiger partial charge is 0.310 e. The molecule has 1 amide bonds. The van der Waals surface area contributed by atoms with Gasteiger partial charge in [0, 0.05) is 11.6 Å². The molecular weight excluding hydrogens is 338 g/mol. The number of aromatic nitrogens is 1. The molecule has 9 heteroatoms. The third kappa shape index (κ3) is 3.06. The number of amides is 1. The predicted molar refractivity (Wildman–Crippen MR) is 72.5 cm³/mol. The van der Waals surface area contributed by atoms with Gasteiger partial charge in [-0.05, 0) is 28.1 Å². The van der Waals surface area contributed by atoms with Crippen LogP contribution in [0.3, 0.4) is 0 Å². The number of nitro groups is 1. The minimum Gasteiger partial charge on any atom is -0.502 e. The number of halogens is 1. The lowest BCUT2D eigenvalue weighted by atomic mass is 10.2. The second-order valence-corrected chi connectivity index (χ2v) is 5.79. The van der Waals surface area contributed by atoms with Crippen LogP contribution in [0.25, 0.3) is 0 Å². The van der Waals surface area contributed by atoms with Gasteiger partial charge < -0.3 is 5.11 Å². The number of benzene rings is 1. The number of thiazole rings is 1. The van der Waals surface area contributed by atoms with E-state index in [1.54, 1.807) is 0 Å². The van der Waals surface area contributed by atoms with Crippen LogP contribution < -0.4 is 5.32 Å². The van der Waals surface area contributed by atoms with Gasteiger partial charge in [-0.2, -0.15) is 0 Å². The average molecular weight is 344 g/mol. The highest BCUT2D eigenvalue weighted by Gasteiger charge is 2.16. The van der Waals surface area contributed by atoms with Crippen molar-refractivity contribution >= 4 is 44.0 Å². The third-order valence-corrected chi connectivity index (χ3v) is 3.52. The molecule has 19 heavy (non-hydrogen) atoms. The summed E-state index contributed by atoms with van der Waals surface area (Å²) in [5, 5.41) is 22.9. The Morgan fingerprint density at radius 2 is 2.26 bits per heavy atom. The third-order valence-electron chi connectivity index (χ3n) is 2.13.